The lowest BCUT2D eigenvalue weighted by molar-refractivity contribution is -0.146. The zero-order valence-corrected chi connectivity index (χ0v) is 19.3. The van der Waals surface area contributed by atoms with Gasteiger partial charge in [0, 0.05) is 12.8 Å². The highest BCUT2D eigenvalue weighted by Gasteiger charge is 2.06. The maximum atomic E-state index is 11.7. The molecule has 0 aliphatic heterocycles. The summed E-state index contributed by atoms with van der Waals surface area (Å²) in [7, 11) is 0. The van der Waals surface area contributed by atoms with E-state index in [2.05, 4.69) is 13.2 Å². The molecule has 0 aromatic heterocycles. The first-order valence-electron chi connectivity index (χ1n) is 12.2. The molecule has 0 N–H and O–H groups in total. The van der Waals surface area contributed by atoms with Gasteiger partial charge in [0.25, 0.3) is 0 Å². The molecule has 0 radical (unpaired) electrons. The van der Waals surface area contributed by atoms with Crippen LogP contribution in [0.1, 0.15) is 116 Å². The molecule has 0 aromatic rings. The van der Waals surface area contributed by atoms with Crippen molar-refractivity contribution in [2.45, 2.75) is 116 Å². The Morgan fingerprint density at radius 2 is 0.833 bits per heavy atom. The van der Waals surface area contributed by atoms with Gasteiger partial charge in [0.2, 0.25) is 0 Å². The largest absolute Gasteiger partial charge is 0.466 e. The number of allylic oxidation sites excluding steroid dienone is 2. The van der Waals surface area contributed by atoms with Crippen molar-refractivity contribution in [3.05, 3.63) is 25.3 Å². The number of unbranched alkanes of at least 4 members (excludes halogenated alkanes) is 13. The summed E-state index contributed by atoms with van der Waals surface area (Å²) in [6, 6.07) is 0. The van der Waals surface area contributed by atoms with E-state index in [1.54, 1.807) is 0 Å². The van der Waals surface area contributed by atoms with Gasteiger partial charge in [-0.25, -0.2) is 0 Å². The average molecular weight is 423 g/mol. The van der Waals surface area contributed by atoms with Crippen molar-refractivity contribution in [3.8, 4) is 0 Å². The number of ether oxygens (including phenoxy) is 2. The molecular weight excluding hydrogens is 376 g/mol. The molecule has 0 saturated heterocycles. The molecule has 0 rings (SSSR count). The van der Waals surface area contributed by atoms with Gasteiger partial charge < -0.3 is 9.47 Å². The van der Waals surface area contributed by atoms with Crippen molar-refractivity contribution < 1.29 is 19.1 Å². The Balaban J connectivity index is 3.31. The Kier molecular flexibility index (Phi) is 22.4. The molecule has 174 valence electrons. The lowest BCUT2D eigenvalue weighted by Gasteiger charge is -2.06. The Morgan fingerprint density at radius 3 is 1.20 bits per heavy atom. The van der Waals surface area contributed by atoms with Crippen molar-refractivity contribution in [2.75, 3.05) is 13.2 Å². The third-order valence-electron chi connectivity index (χ3n) is 5.14. The maximum Gasteiger partial charge on any atom is 0.305 e. The molecular formula is C26H46O4. The molecule has 0 saturated carbocycles. The number of hydrogen-bond acceptors (Lipinski definition) is 4. The summed E-state index contributed by atoms with van der Waals surface area (Å²) in [6.45, 7) is 8.48. The van der Waals surface area contributed by atoms with Gasteiger partial charge >= 0.3 is 11.9 Å². The number of hydrogen-bond donors (Lipinski definition) is 0. The van der Waals surface area contributed by atoms with Crippen LogP contribution >= 0.6 is 0 Å². The molecule has 0 bridgehead atoms. The Hall–Kier alpha value is -1.58. The van der Waals surface area contributed by atoms with E-state index in [1.165, 1.54) is 51.4 Å². The summed E-state index contributed by atoms with van der Waals surface area (Å²) in [5.41, 5.74) is 0. The molecule has 0 unspecified atom stereocenters. The van der Waals surface area contributed by atoms with Gasteiger partial charge in [-0.3, -0.25) is 9.59 Å². The third-order valence-corrected chi connectivity index (χ3v) is 5.14. The van der Waals surface area contributed by atoms with Gasteiger partial charge in [0.1, 0.15) is 0 Å². The summed E-state index contributed by atoms with van der Waals surface area (Å²) >= 11 is 0. The van der Waals surface area contributed by atoms with Crippen LogP contribution in [0.2, 0.25) is 0 Å². The van der Waals surface area contributed by atoms with Crippen LogP contribution in [-0.4, -0.2) is 25.2 Å². The molecule has 0 fully saturated rings. The van der Waals surface area contributed by atoms with E-state index in [-0.39, 0.29) is 11.9 Å². The Labute approximate surface area is 185 Å². The van der Waals surface area contributed by atoms with E-state index in [9.17, 15) is 9.59 Å². The van der Waals surface area contributed by atoms with E-state index in [1.807, 2.05) is 12.2 Å². The van der Waals surface area contributed by atoms with E-state index >= 15 is 0 Å². The minimum atomic E-state index is -0.151. The first kappa shape index (κ1) is 28.4. The second-order valence-electron chi connectivity index (χ2n) is 8.05. The second kappa shape index (κ2) is 23.7. The molecule has 0 atom stereocenters. The van der Waals surface area contributed by atoms with Crippen molar-refractivity contribution in [3.63, 3.8) is 0 Å². The van der Waals surface area contributed by atoms with Crippen molar-refractivity contribution >= 4 is 11.9 Å². The molecule has 4 heteroatoms. The molecule has 0 aliphatic carbocycles. The standard InChI is InChI=1S/C26H46O4/c1-3-5-7-9-11-13-15-19-23-29-25(27)21-17-18-22-26(28)30-24-20-16-14-12-10-8-6-4-2/h3-4H,1-2,5-24H2. The summed E-state index contributed by atoms with van der Waals surface area (Å²) in [4.78, 5) is 23.4. The van der Waals surface area contributed by atoms with Crippen LogP contribution in [0.3, 0.4) is 0 Å². The van der Waals surface area contributed by atoms with E-state index < -0.39 is 0 Å². The predicted octanol–water partition coefficient (Wildman–Crippen LogP) is 7.47. The van der Waals surface area contributed by atoms with Crippen LogP contribution < -0.4 is 0 Å². The zero-order valence-electron chi connectivity index (χ0n) is 19.3. The van der Waals surface area contributed by atoms with Crippen LogP contribution in [0.25, 0.3) is 0 Å². The lowest BCUT2D eigenvalue weighted by atomic mass is 10.1. The number of carbonyl (C=O) groups excluding carboxylic acids is 2. The SMILES string of the molecule is C=CCCCCCCCCOC(=O)CCCCC(=O)OCCCCCCCCC=C. The number of carbonyl (C=O) groups is 2. The molecule has 0 spiro atoms. The van der Waals surface area contributed by atoms with Crippen LogP contribution in [0.4, 0.5) is 0 Å². The quantitative estimate of drug-likeness (QED) is 0.0973. The first-order chi connectivity index (χ1) is 14.7. The average Bonchev–Trinajstić information content (AvgIpc) is 2.74. The van der Waals surface area contributed by atoms with Crippen LogP contribution in [0.5, 0.6) is 0 Å². The van der Waals surface area contributed by atoms with Crippen molar-refractivity contribution in [2.24, 2.45) is 0 Å². The number of esters is 2. The minimum absolute atomic E-state index is 0.151. The van der Waals surface area contributed by atoms with Crippen molar-refractivity contribution in [1.82, 2.24) is 0 Å². The smallest absolute Gasteiger partial charge is 0.305 e. The minimum Gasteiger partial charge on any atom is -0.466 e. The molecule has 0 amide bonds. The Bertz CT molecular complexity index is 391. The summed E-state index contributed by atoms with van der Waals surface area (Å²) < 4.78 is 10.5. The van der Waals surface area contributed by atoms with Crippen molar-refractivity contribution in [1.29, 1.82) is 0 Å². The van der Waals surface area contributed by atoms with Gasteiger partial charge in [0.05, 0.1) is 13.2 Å². The van der Waals surface area contributed by atoms with Crippen LogP contribution in [-0.2, 0) is 19.1 Å². The van der Waals surface area contributed by atoms with Gasteiger partial charge in [0.15, 0.2) is 0 Å². The van der Waals surface area contributed by atoms with Gasteiger partial charge in [-0.2, -0.15) is 0 Å². The van der Waals surface area contributed by atoms with Gasteiger partial charge in [-0.1, -0.05) is 63.5 Å². The highest BCUT2D eigenvalue weighted by Crippen LogP contribution is 2.09. The zero-order chi connectivity index (χ0) is 22.1. The van der Waals surface area contributed by atoms with Crippen LogP contribution in [0.15, 0.2) is 25.3 Å². The predicted molar refractivity (Wildman–Crippen MR) is 125 cm³/mol. The number of rotatable bonds is 23. The first-order valence-corrected chi connectivity index (χ1v) is 12.2. The summed E-state index contributed by atoms with van der Waals surface area (Å²) in [5, 5.41) is 0. The summed E-state index contributed by atoms with van der Waals surface area (Å²) in [6.07, 6.45) is 22.2. The topological polar surface area (TPSA) is 52.6 Å². The highest BCUT2D eigenvalue weighted by molar-refractivity contribution is 5.70. The normalized spacial score (nSPS) is 10.5. The Morgan fingerprint density at radius 1 is 0.500 bits per heavy atom. The second-order valence-corrected chi connectivity index (χ2v) is 8.05. The fraction of sp³-hybridized carbons (Fsp3) is 0.769. The summed E-state index contributed by atoms with van der Waals surface area (Å²) in [5.74, 6) is -0.301. The van der Waals surface area contributed by atoms with Gasteiger partial charge in [-0.05, 0) is 51.4 Å². The monoisotopic (exact) mass is 422 g/mol. The lowest BCUT2D eigenvalue weighted by Crippen LogP contribution is -2.08. The molecule has 4 nitrogen and oxygen atoms in total. The fourth-order valence-electron chi connectivity index (χ4n) is 3.25. The molecule has 30 heavy (non-hydrogen) atoms. The molecule has 0 aromatic carbocycles. The maximum absolute atomic E-state index is 11.7. The van der Waals surface area contributed by atoms with E-state index in [4.69, 9.17) is 9.47 Å². The van der Waals surface area contributed by atoms with Gasteiger partial charge in [-0.15, -0.1) is 13.2 Å². The van der Waals surface area contributed by atoms with Crippen LogP contribution in [0, 0.1) is 0 Å². The van der Waals surface area contributed by atoms with E-state index in [0.29, 0.717) is 38.9 Å². The fourth-order valence-corrected chi connectivity index (χ4v) is 3.25. The molecule has 0 heterocycles. The third kappa shape index (κ3) is 22.7. The molecule has 0 aliphatic rings. The highest BCUT2D eigenvalue weighted by atomic mass is 16.5. The van der Waals surface area contributed by atoms with E-state index in [0.717, 1.165) is 38.5 Å².